The lowest BCUT2D eigenvalue weighted by atomic mass is 10.0. The number of rotatable bonds is 5. The highest BCUT2D eigenvalue weighted by atomic mass is 19.1. The molecule has 2 unspecified atom stereocenters. The first-order chi connectivity index (χ1) is 11.2. The van der Waals surface area contributed by atoms with Crippen molar-refractivity contribution in [3.8, 4) is 0 Å². The molecule has 1 aromatic rings. The number of nitrogens with one attached hydrogen (secondary N) is 2. The van der Waals surface area contributed by atoms with Crippen LogP contribution >= 0.6 is 0 Å². The predicted octanol–water partition coefficient (Wildman–Crippen LogP) is 1.07. The number of amides is 1. The van der Waals surface area contributed by atoms with E-state index in [1.165, 1.54) is 12.1 Å². The Bertz CT molecular complexity index is 534. The van der Waals surface area contributed by atoms with E-state index < -0.39 is 0 Å². The minimum absolute atomic E-state index is 0.0544. The number of ether oxygens (including phenoxy) is 1. The average molecular weight is 321 g/mol. The molecular weight excluding hydrogens is 297 g/mol. The van der Waals surface area contributed by atoms with Crippen LogP contribution in [0, 0.1) is 5.82 Å². The smallest absolute Gasteiger partial charge is 0.237 e. The fraction of sp³-hybridized carbons (Fsp3) is 0.588. The van der Waals surface area contributed by atoms with Gasteiger partial charge in [-0.1, -0.05) is 12.1 Å². The number of halogens is 1. The van der Waals surface area contributed by atoms with Crippen molar-refractivity contribution in [2.45, 2.75) is 25.0 Å². The molecule has 2 heterocycles. The van der Waals surface area contributed by atoms with Crippen molar-refractivity contribution < 1.29 is 13.9 Å². The number of carbonyl (C=O) groups is 1. The van der Waals surface area contributed by atoms with Crippen LogP contribution in [0.1, 0.15) is 24.4 Å². The van der Waals surface area contributed by atoms with Crippen molar-refractivity contribution in [2.24, 2.45) is 0 Å². The Morgan fingerprint density at radius 2 is 2.39 bits per heavy atom. The Balaban J connectivity index is 1.57. The zero-order chi connectivity index (χ0) is 16.1. The highest BCUT2D eigenvalue weighted by Crippen LogP contribution is 2.22. The number of benzene rings is 1. The maximum Gasteiger partial charge on any atom is 0.237 e. The molecule has 0 aliphatic carbocycles. The van der Waals surface area contributed by atoms with E-state index in [-0.39, 0.29) is 23.9 Å². The third-order valence-electron chi connectivity index (χ3n) is 4.47. The topological polar surface area (TPSA) is 53.6 Å². The number of hydrogen-bond acceptors (Lipinski definition) is 4. The molecule has 126 valence electrons. The van der Waals surface area contributed by atoms with Crippen molar-refractivity contribution in [1.29, 1.82) is 0 Å². The zero-order valence-electron chi connectivity index (χ0n) is 13.3. The zero-order valence-corrected chi connectivity index (χ0v) is 13.3. The lowest BCUT2D eigenvalue weighted by Crippen LogP contribution is -2.51. The molecule has 0 saturated carbocycles. The lowest BCUT2D eigenvalue weighted by molar-refractivity contribution is -0.133. The van der Waals surface area contributed by atoms with Crippen LogP contribution in [0.4, 0.5) is 4.39 Å². The molecule has 23 heavy (non-hydrogen) atoms. The minimum Gasteiger partial charge on any atom is -0.377 e. The third-order valence-corrected chi connectivity index (χ3v) is 4.47. The van der Waals surface area contributed by atoms with Crippen LogP contribution in [0.2, 0.25) is 0 Å². The van der Waals surface area contributed by atoms with Crippen LogP contribution in [0.15, 0.2) is 24.3 Å². The maximum atomic E-state index is 13.5. The van der Waals surface area contributed by atoms with Gasteiger partial charge in [0.2, 0.25) is 5.91 Å². The molecule has 2 atom stereocenters. The molecule has 2 N–H and O–H groups in total. The van der Waals surface area contributed by atoms with Gasteiger partial charge in [0.05, 0.1) is 18.7 Å². The summed E-state index contributed by atoms with van der Waals surface area (Å²) in [6.07, 6.45) is 2.38. The second-order valence-corrected chi connectivity index (χ2v) is 6.13. The highest BCUT2D eigenvalue weighted by Gasteiger charge is 2.28. The monoisotopic (exact) mass is 321 g/mol. The summed E-state index contributed by atoms with van der Waals surface area (Å²) in [4.78, 5) is 14.4. The molecule has 2 saturated heterocycles. The van der Waals surface area contributed by atoms with Gasteiger partial charge in [-0.05, 0) is 30.5 Å². The summed E-state index contributed by atoms with van der Waals surface area (Å²) in [5.74, 6) is -0.212. The SMILES string of the molecule is O=C(CNCC1CCCO1)N1CCNCC1c1cccc(F)c1. The van der Waals surface area contributed by atoms with Gasteiger partial charge in [-0.25, -0.2) is 4.39 Å². The van der Waals surface area contributed by atoms with Gasteiger partial charge < -0.3 is 20.3 Å². The molecule has 0 radical (unpaired) electrons. The van der Waals surface area contributed by atoms with Crippen molar-refractivity contribution in [1.82, 2.24) is 15.5 Å². The van der Waals surface area contributed by atoms with E-state index in [4.69, 9.17) is 4.74 Å². The molecule has 6 heteroatoms. The maximum absolute atomic E-state index is 13.5. The predicted molar refractivity (Wildman–Crippen MR) is 85.6 cm³/mol. The normalized spacial score (nSPS) is 24.8. The minimum atomic E-state index is -0.267. The number of carbonyl (C=O) groups excluding carboxylic acids is 1. The summed E-state index contributed by atoms with van der Waals surface area (Å²) in [5, 5.41) is 6.48. The molecule has 1 aromatic carbocycles. The summed E-state index contributed by atoms with van der Waals surface area (Å²) in [5.41, 5.74) is 0.838. The van der Waals surface area contributed by atoms with E-state index in [2.05, 4.69) is 10.6 Å². The molecule has 3 rings (SSSR count). The van der Waals surface area contributed by atoms with Crippen LogP contribution < -0.4 is 10.6 Å². The molecule has 2 fully saturated rings. The van der Waals surface area contributed by atoms with Crippen molar-refractivity contribution in [3.05, 3.63) is 35.6 Å². The molecule has 5 nitrogen and oxygen atoms in total. The van der Waals surface area contributed by atoms with Gasteiger partial charge in [-0.2, -0.15) is 0 Å². The van der Waals surface area contributed by atoms with E-state index in [9.17, 15) is 9.18 Å². The fourth-order valence-electron chi connectivity index (χ4n) is 3.26. The largest absolute Gasteiger partial charge is 0.377 e. The van der Waals surface area contributed by atoms with Crippen molar-refractivity contribution in [2.75, 3.05) is 39.3 Å². The molecular formula is C17H24FN3O2. The first-order valence-corrected chi connectivity index (χ1v) is 8.32. The Morgan fingerprint density at radius 1 is 1.48 bits per heavy atom. The first kappa shape index (κ1) is 16.4. The molecule has 0 bridgehead atoms. The molecule has 0 aromatic heterocycles. The van der Waals surface area contributed by atoms with E-state index in [1.807, 2.05) is 11.0 Å². The molecule has 2 aliphatic rings. The van der Waals surface area contributed by atoms with Gasteiger partial charge in [0, 0.05) is 32.8 Å². The van der Waals surface area contributed by atoms with Crippen molar-refractivity contribution in [3.63, 3.8) is 0 Å². The summed E-state index contributed by atoms with van der Waals surface area (Å²) in [6, 6.07) is 6.39. The Morgan fingerprint density at radius 3 is 3.17 bits per heavy atom. The summed E-state index contributed by atoms with van der Waals surface area (Å²) >= 11 is 0. The molecule has 1 amide bonds. The van der Waals surface area contributed by atoms with Crippen LogP contribution in [0.25, 0.3) is 0 Å². The first-order valence-electron chi connectivity index (χ1n) is 8.32. The highest BCUT2D eigenvalue weighted by molar-refractivity contribution is 5.79. The van der Waals surface area contributed by atoms with Gasteiger partial charge >= 0.3 is 0 Å². The lowest BCUT2D eigenvalue weighted by Gasteiger charge is -2.36. The van der Waals surface area contributed by atoms with E-state index in [0.717, 1.165) is 31.6 Å². The Labute approximate surface area is 136 Å². The second kappa shape index (κ2) is 7.86. The van der Waals surface area contributed by atoms with E-state index in [0.29, 0.717) is 26.2 Å². The van der Waals surface area contributed by atoms with Crippen molar-refractivity contribution >= 4 is 5.91 Å². The Hall–Kier alpha value is -1.50. The van der Waals surface area contributed by atoms with Gasteiger partial charge in [0.15, 0.2) is 0 Å². The van der Waals surface area contributed by atoms with Gasteiger partial charge in [-0.15, -0.1) is 0 Å². The fourth-order valence-corrected chi connectivity index (χ4v) is 3.26. The summed E-state index contributed by atoms with van der Waals surface area (Å²) in [6.45, 7) is 3.89. The summed E-state index contributed by atoms with van der Waals surface area (Å²) < 4.78 is 19.0. The number of nitrogens with zero attached hydrogens (tertiary/aromatic N) is 1. The molecule has 2 aliphatic heterocycles. The van der Waals surface area contributed by atoms with E-state index in [1.54, 1.807) is 6.07 Å². The summed E-state index contributed by atoms with van der Waals surface area (Å²) in [7, 11) is 0. The Kier molecular flexibility index (Phi) is 5.59. The van der Waals surface area contributed by atoms with Crippen LogP contribution in [0.5, 0.6) is 0 Å². The average Bonchev–Trinajstić information content (AvgIpc) is 3.08. The quantitative estimate of drug-likeness (QED) is 0.852. The van der Waals surface area contributed by atoms with Crippen LogP contribution in [-0.4, -0.2) is 56.2 Å². The second-order valence-electron chi connectivity index (χ2n) is 6.13. The van der Waals surface area contributed by atoms with Gasteiger partial charge in [0.1, 0.15) is 5.82 Å². The van der Waals surface area contributed by atoms with Gasteiger partial charge in [-0.3, -0.25) is 4.79 Å². The number of hydrogen-bond donors (Lipinski definition) is 2. The van der Waals surface area contributed by atoms with Gasteiger partial charge in [0.25, 0.3) is 0 Å². The molecule has 0 spiro atoms. The van der Waals surface area contributed by atoms with Crippen LogP contribution in [-0.2, 0) is 9.53 Å². The van der Waals surface area contributed by atoms with Crippen LogP contribution in [0.3, 0.4) is 0 Å². The third kappa shape index (κ3) is 4.28. The van der Waals surface area contributed by atoms with E-state index >= 15 is 0 Å². The standard InChI is InChI=1S/C17H24FN3O2/c18-14-4-1-3-13(9-14)16-11-19-6-7-21(16)17(22)12-20-10-15-5-2-8-23-15/h1,3-4,9,15-16,19-20H,2,5-8,10-12H2. The number of piperazine rings is 1.